The number of allylic oxidation sites excluding steroid dienone is 4. The molecule has 24 heavy (non-hydrogen) atoms. The van der Waals surface area contributed by atoms with Gasteiger partial charge in [-0.3, -0.25) is 0 Å². The molecule has 0 aliphatic heterocycles. The molecule has 0 aliphatic rings. The van der Waals surface area contributed by atoms with E-state index in [1.165, 1.54) is 0 Å². The van der Waals surface area contributed by atoms with Gasteiger partial charge in [0.1, 0.15) is 13.3 Å². The second-order valence-corrected chi connectivity index (χ2v) is 8.68. The maximum Gasteiger partial charge on any atom is 0.115 e. The molecule has 0 amide bonds. The SMILES string of the molecule is C=C/C(=C\C(=C)CF)P(=C)(c1ccccc1)c1cccc(CF)c1. The zero-order valence-corrected chi connectivity index (χ0v) is 14.5. The number of alkyl halides is 2. The molecule has 0 nitrogen and oxygen atoms in total. The molecule has 0 aliphatic carbocycles. The summed E-state index contributed by atoms with van der Waals surface area (Å²) in [5, 5.41) is 2.79. The standard InChI is InChI=1S/C21H21F2P/c1-4-19(13-17(2)15-22)24(3,20-10-6-5-7-11-20)21-12-8-9-18(14-21)16-23/h4-14H,1-3,15-16H2/b19-13+. The van der Waals surface area contributed by atoms with Crippen molar-refractivity contribution < 1.29 is 8.78 Å². The van der Waals surface area contributed by atoms with Crippen LogP contribution in [-0.4, -0.2) is 13.0 Å². The van der Waals surface area contributed by atoms with Gasteiger partial charge in [0, 0.05) is 0 Å². The van der Waals surface area contributed by atoms with Gasteiger partial charge in [0.25, 0.3) is 0 Å². The lowest BCUT2D eigenvalue weighted by atomic mass is 10.2. The normalized spacial score (nSPS) is 14.0. The fourth-order valence-electron chi connectivity index (χ4n) is 2.58. The molecule has 0 saturated carbocycles. The quantitative estimate of drug-likeness (QED) is 0.482. The van der Waals surface area contributed by atoms with Crippen LogP contribution in [0, 0.1) is 0 Å². The molecule has 2 rings (SSSR count). The third-order valence-corrected chi connectivity index (χ3v) is 7.41. The minimum Gasteiger partial charge on any atom is -0.246 e. The van der Waals surface area contributed by atoms with Gasteiger partial charge >= 0.3 is 0 Å². The Hall–Kier alpha value is -2.18. The van der Waals surface area contributed by atoms with E-state index in [1.807, 2.05) is 48.5 Å². The number of rotatable bonds is 7. The molecule has 0 bridgehead atoms. The van der Waals surface area contributed by atoms with E-state index < -0.39 is 20.2 Å². The van der Waals surface area contributed by atoms with Crippen molar-refractivity contribution in [2.75, 3.05) is 6.67 Å². The highest BCUT2D eigenvalue weighted by molar-refractivity contribution is 7.90. The topological polar surface area (TPSA) is 0 Å². The fraction of sp³-hybridized carbons (Fsp3) is 0.0952. The Bertz CT molecular complexity index is 804. The third-order valence-electron chi connectivity index (χ3n) is 3.88. The smallest absolute Gasteiger partial charge is 0.115 e. The number of benzene rings is 2. The lowest BCUT2D eigenvalue weighted by Gasteiger charge is -2.28. The van der Waals surface area contributed by atoms with Gasteiger partial charge in [-0.25, -0.2) is 8.78 Å². The van der Waals surface area contributed by atoms with Crippen LogP contribution in [-0.2, 0) is 6.67 Å². The van der Waals surface area contributed by atoms with Crippen LogP contribution in [0.4, 0.5) is 8.78 Å². The highest BCUT2D eigenvalue weighted by atomic mass is 31.2. The second kappa shape index (κ2) is 8.08. The highest BCUT2D eigenvalue weighted by Gasteiger charge is 2.23. The lowest BCUT2D eigenvalue weighted by Crippen LogP contribution is -2.18. The van der Waals surface area contributed by atoms with Crippen molar-refractivity contribution >= 4 is 23.8 Å². The van der Waals surface area contributed by atoms with Crippen LogP contribution in [0.5, 0.6) is 0 Å². The molecule has 2 aromatic rings. The van der Waals surface area contributed by atoms with Crippen LogP contribution in [0.25, 0.3) is 0 Å². The first-order valence-electron chi connectivity index (χ1n) is 7.59. The molecular weight excluding hydrogens is 321 g/mol. The summed E-state index contributed by atoms with van der Waals surface area (Å²) in [6, 6.07) is 17.2. The first-order valence-corrected chi connectivity index (χ1v) is 9.56. The molecule has 0 N–H and O–H groups in total. The second-order valence-electron chi connectivity index (χ2n) is 5.51. The zero-order chi connectivity index (χ0) is 17.6. The molecule has 0 saturated heterocycles. The van der Waals surface area contributed by atoms with E-state index >= 15 is 0 Å². The summed E-state index contributed by atoms with van der Waals surface area (Å²) in [5.41, 5.74) is 0.972. The molecule has 3 heteroatoms. The zero-order valence-electron chi connectivity index (χ0n) is 13.6. The predicted molar refractivity (Wildman–Crippen MR) is 104 cm³/mol. The molecule has 2 aromatic carbocycles. The average molecular weight is 342 g/mol. The van der Waals surface area contributed by atoms with E-state index in [1.54, 1.807) is 18.2 Å². The van der Waals surface area contributed by atoms with Crippen molar-refractivity contribution in [3.05, 3.63) is 96.4 Å². The Morgan fingerprint density at radius 2 is 1.67 bits per heavy atom. The molecule has 0 heterocycles. The van der Waals surface area contributed by atoms with Crippen LogP contribution in [0.2, 0.25) is 0 Å². The summed E-state index contributed by atoms with van der Waals surface area (Å²) in [7, 11) is 0. The van der Waals surface area contributed by atoms with Gasteiger partial charge in [-0.2, -0.15) is 0 Å². The van der Waals surface area contributed by atoms with Crippen LogP contribution >= 0.6 is 6.89 Å². The minimum atomic E-state index is -2.29. The largest absolute Gasteiger partial charge is 0.246 e. The Labute approximate surface area is 142 Å². The van der Waals surface area contributed by atoms with Crippen molar-refractivity contribution in [2.45, 2.75) is 6.67 Å². The van der Waals surface area contributed by atoms with Gasteiger partial charge in [-0.05, 0) is 46.1 Å². The van der Waals surface area contributed by atoms with Gasteiger partial charge in [0.15, 0.2) is 0 Å². The maximum absolute atomic E-state index is 13.1. The summed E-state index contributed by atoms with van der Waals surface area (Å²) in [5.74, 6) is 0. The van der Waals surface area contributed by atoms with E-state index in [0.717, 1.165) is 15.9 Å². The maximum atomic E-state index is 13.1. The molecule has 1 unspecified atom stereocenters. The molecular formula is C21H21F2P. The summed E-state index contributed by atoms with van der Waals surface area (Å²) in [6.07, 6.45) is 7.95. The number of hydrogen-bond acceptors (Lipinski definition) is 0. The molecule has 1 atom stereocenters. The van der Waals surface area contributed by atoms with Crippen LogP contribution in [0.3, 0.4) is 0 Å². The van der Waals surface area contributed by atoms with Crippen LogP contribution in [0.1, 0.15) is 5.56 Å². The monoisotopic (exact) mass is 342 g/mol. The van der Waals surface area contributed by atoms with Crippen LogP contribution < -0.4 is 10.6 Å². The predicted octanol–water partition coefficient (Wildman–Crippen LogP) is 5.15. The number of halogens is 2. The van der Waals surface area contributed by atoms with Crippen molar-refractivity contribution in [1.29, 1.82) is 0 Å². The van der Waals surface area contributed by atoms with E-state index in [4.69, 9.17) is 0 Å². The van der Waals surface area contributed by atoms with Gasteiger partial charge < -0.3 is 0 Å². The van der Waals surface area contributed by atoms with Crippen molar-refractivity contribution in [3.8, 4) is 0 Å². The minimum absolute atomic E-state index is 0.371. The average Bonchev–Trinajstić information content (AvgIpc) is 2.65. The van der Waals surface area contributed by atoms with Gasteiger partial charge in [-0.15, -0.1) is 0 Å². The van der Waals surface area contributed by atoms with Crippen molar-refractivity contribution in [2.24, 2.45) is 0 Å². The molecule has 0 aromatic heterocycles. The first-order chi connectivity index (χ1) is 11.6. The molecule has 0 radical (unpaired) electrons. The first kappa shape index (κ1) is 18.2. The molecule has 124 valence electrons. The van der Waals surface area contributed by atoms with E-state index in [-0.39, 0.29) is 0 Å². The van der Waals surface area contributed by atoms with Crippen molar-refractivity contribution in [3.63, 3.8) is 0 Å². The summed E-state index contributed by atoms with van der Waals surface area (Å²) < 4.78 is 26.1. The Morgan fingerprint density at radius 1 is 1.00 bits per heavy atom. The van der Waals surface area contributed by atoms with E-state index in [0.29, 0.717) is 11.1 Å². The van der Waals surface area contributed by atoms with E-state index in [2.05, 4.69) is 19.5 Å². The number of hydrogen-bond donors (Lipinski definition) is 0. The summed E-state index contributed by atoms with van der Waals surface area (Å²) in [4.78, 5) is 0. The summed E-state index contributed by atoms with van der Waals surface area (Å²) >= 11 is 0. The highest BCUT2D eigenvalue weighted by Crippen LogP contribution is 2.52. The Balaban J connectivity index is 2.75. The summed E-state index contributed by atoms with van der Waals surface area (Å²) in [6.45, 7) is 4.16. The van der Waals surface area contributed by atoms with Gasteiger partial charge in [-0.1, -0.05) is 74.1 Å². The van der Waals surface area contributed by atoms with Gasteiger partial charge in [0.2, 0.25) is 0 Å². The van der Waals surface area contributed by atoms with Crippen LogP contribution in [0.15, 0.2) is 90.8 Å². The molecule has 0 spiro atoms. The molecule has 0 fully saturated rings. The Kier molecular flexibility index (Phi) is 6.11. The Morgan fingerprint density at radius 3 is 2.25 bits per heavy atom. The third kappa shape index (κ3) is 3.66. The van der Waals surface area contributed by atoms with Crippen molar-refractivity contribution in [1.82, 2.24) is 0 Å². The van der Waals surface area contributed by atoms with Gasteiger partial charge in [0.05, 0.1) is 0 Å². The fourth-order valence-corrected chi connectivity index (χ4v) is 5.60. The van der Waals surface area contributed by atoms with E-state index in [9.17, 15) is 8.78 Å². The lowest BCUT2D eigenvalue weighted by molar-refractivity contribution is 0.485.